The maximum Gasteiger partial charge on any atom is 0.325 e. The second kappa shape index (κ2) is 6.72. The predicted molar refractivity (Wildman–Crippen MR) is 103 cm³/mol. The van der Waals surface area contributed by atoms with Gasteiger partial charge in [0, 0.05) is 0 Å². The largest absolute Gasteiger partial charge is 0.492 e. The van der Waals surface area contributed by atoms with Crippen LogP contribution in [0.5, 0.6) is 5.75 Å². The highest BCUT2D eigenvalue weighted by Crippen LogP contribution is 2.32. The first-order chi connectivity index (χ1) is 13.0. The first-order valence-electron chi connectivity index (χ1n) is 9.43. The molecule has 0 bridgehead atoms. The number of aryl methyl sites for hydroxylation is 3. The van der Waals surface area contributed by atoms with E-state index in [1.807, 2.05) is 37.3 Å². The molecule has 1 fully saturated rings. The van der Waals surface area contributed by atoms with Crippen LogP contribution in [0.15, 0.2) is 42.5 Å². The van der Waals surface area contributed by atoms with Gasteiger partial charge >= 0.3 is 6.03 Å². The quantitative estimate of drug-likeness (QED) is 0.828. The minimum Gasteiger partial charge on any atom is -0.492 e. The molecule has 2 aliphatic rings. The van der Waals surface area contributed by atoms with Crippen LogP contribution in [0.25, 0.3) is 0 Å². The molecule has 0 unspecified atom stereocenters. The van der Waals surface area contributed by atoms with Gasteiger partial charge in [0.2, 0.25) is 0 Å². The van der Waals surface area contributed by atoms with Crippen LogP contribution in [-0.4, -0.2) is 30.0 Å². The van der Waals surface area contributed by atoms with Gasteiger partial charge in [-0.1, -0.05) is 35.9 Å². The normalized spacial score (nSPS) is 21.3. The maximum absolute atomic E-state index is 13.0. The number of urea groups is 1. The van der Waals surface area contributed by atoms with Crippen molar-refractivity contribution in [1.29, 1.82) is 0 Å². The van der Waals surface area contributed by atoms with E-state index in [0.29, 0.717) is 0 Å². The van der Waals surface area contributed by atoms with E-state index in [1.54, 1.807) is 6.92 Å². The third kappa shape index (κ3) is 3.18. The summed E-state index contributed by atoms with van der Waals surface area (Å²) in [6.07, 6.45) is 3.28. The summed E-state index contributed by atoms with van der Waals surface area (Å²) in [5.74, 6) is 0.506. The number of benzene rings is 2. The summed E-state index contributed by atoms with van der Waals surface area (Å²) in [5.41, 5.74) is 3.63. The number of ether oxygens (including phenoxy) is 1. The highest BCUT2D eigenvalue weighted by Gasteiger charge is 2.49. The molecular weight excluding hydrogens is 340 g/mol. The average molecular weight is 364 g/mol. The molecule has 3 amide bonds. The van der Waals surface area contributed by atoms with Gasteiger partial charge in [-0.3, -0.25) is 9.69 Å². The molecule has 4 rings (SSSR count). The number of nitrogens with zero attached hydrogens (tertiary/aromatic N) is 1. The van der Waals surface area contributed by atoms with Crippen molar-refractivity contribution in [2.75, 3.05) is 13.2 Å². The minimum atomic E-state index is -1.02. The molecule has 1 atom stereocenters. The Balaban J connectivity index is 1.45. The topological polar surface area (TPSA) is 58.6 Å². The Hall–Kier alpha value is -2.82. The molecule has 5 heteroatoms. The number of hydrogen-bond acceptors (Lipinski definition) is 3. The Labute approximate surface area is 159 Å². The fraction of sp³-hybridized carbons (Fsp3) is 0.364. The summed E-state index contributed by atoms with van der Waals surface area (Å²) in [6.45, 7) is 4.28. The third-order valence-electron chi connectivity index (χ3n) is 5.56. The van der Waals surface area contributed by atoms with Gasteiger partial charge in [-0.05, 0) is 61.9 Å². The molecule has 0 saturated carbocycles. The van der Waals surface area contributed by atoms with Gasteiger partial charge in [0.25, 0.3) is 5.91 Å². The lowest BCUT2D eigenvalue weighted by Gasteiger charge is -2.23. The number of carbonyl (C=O) groups excluding carboxylic acids is 2. The van der Waals surface area contributed by atoms with Gasteiger partial charge in [-0.25, -0.2) is 4.79 Å². The Morgan fingerprint density at radius 3 is 2.59 bits per heavy atom. The third-order valence-corrected chi connectivity index (χ3v) is 5.56. The zero-order valence-corrected chi connectivity index (χ0v) is 15.7. The SMILES string of the molecule is Cc1ccc(OCCN2C(=O)N[C@@](C)(c3ccc4c(c3)CCC4)C2=O)cc1. The molecule has 2 aromatic rings. The molecule has 27 heavy (non-hydrogen) atoms. The fourth-order valence-electron chi connectivity index (χ4n) is 3.87. The van der Waals surface area contributed by atoms with Crippen LogP contribution in [0.1, 0.15) is 35.6 Å². The Morgan fingerprint density at radius 2 is 1.81 bits per heavy atom. The monoisotopic (exact) mass is 364 g/mol. The van der Waals surface area contributed by atoms with Crippen LogP contribution in [0, 0.1) is 6.92 Å². The van der Waals surface area contributed by atoms with E-state index in [1.165, 1.54) is 16.0 Å². The van der Waals surface area contributed by atoms with Crippen molar-refractivity contribution < 1.29 is 14.3 Å². The number of imide groups is 1. The first-order valence-corrected chi connectivity index (χ1v) is 9.43. The fourth-order valence-corrected chi connectivity index (χ4v) is 3.87. The maximum atomic E-state index is 13.0. The van der Waals surface area contributed by atoms with E-state index < -0.39 is 5.54 Å². The standard InChI is InChI=1S/C22H24N2O3/c1-15-6-10-19(11-7-15)27-13-12-24-20(25)22(2,23-21(24)26)18-9-8-16-4-3-5-17(16)14-18/h6-11,14H,3-5,12-13H2,1-2H3,(H,23,26)/t22-/m0/s1. The second-order valence-corrected chi connectivity index (χ2v) is 7.51. The van der Waals surface area contributed by atoms with Crippen LogP contribution in [0.3, 0.4) is 0 Å². The number of nitrogens with one attached hydrogen (secondary N) is 1. The summed E-state index contributed by atoms with van der Waals surface area (Å²) in [5, 5.41) is 2.88. The Bertz CT molecular complexity index is 891. The van der Waals surface area contributed by atoms with E-state index in [-0.39, 0.29) is 25.1 Å². The molecule has 0 spiro atoms. The molecule has 2 aromatic carbocycles. The van der Waals surface area contributed by atoms with Gasteiger partial charge in [-0.2, -0.15) is 0 Å². The van der Waals surface area contributed by atoms with Crippen molar-refractivity contribution in [3.05, 3.63) is 64.7 Å². The van der Waals surface area contributed by atoms with Crippen LogP contribution >= 0.6 is 0 Å². The summed E-state index contributed by atoms with van der Waals surface area (Å²) in [7, 11) is 0. The lowest BCUT2D eigenvalue weighted by atomic mass is 9.90. The molecule has 140 valence electrons. The second-order valence-electron chi connectivity index (χ2n) is 7.51. The summed E-state index contributed by atoms with van der Waals surface area (Å²) in [4.78, 5) is 26.7. The summed E-state index contributed by atoms with van der Waals surface area (Å²) >= 11 is 0. The van der Waals surface area contributed by atoms with Gasteiger partial charge in [0.05, 0.1) is 6.54 Å². The number of fused-ring (bicyclic) bond motifs is 1. The smallest absolute Gasteiger partial charge is 0.325 e. The lowest BCUT2D eigenvalue weighted by Crippen LogP contribution is -2.41. The van der Waals surface area contributed by atoms with Crippen LogP contribution in [-0.2, 0) is 23.2 Å². The number of hydrogen-bond donors (Lipinski definition) is 1. The van der Waals surface area contributed by atoms with E-state index in [9.17, 15) is 9.59 Å². The van der Waals surface area contributed by atoms with Crippen molar-refractivity contribution in [2.45, 2.75) is 38.6 Å². The molecule has 1 aliphatic heterocycles. The molecule has 1 heterocycles. The van der Waals surface area contributed by atoms with E-state index in [4.69, 9.17) is 4.74 Å². The van der Waals surface area contributed by atoms with Crippen LogP contribution < -0.4 is 10.1 Å². The molecular formula is C22H24N2O3. The molecule has 0 aromatic heterocycles. The summed E-state index contributed by atoms with van der Waals surface area (Å²) < 4.78 is 5.68. The minimum absolute atomic E-state index is 0.221. The van der Waals surface area contributed by atoms with Crippen molar-refractivity contribution in [3.8, 4) is 5.75 Å². The van der Waals surface area contributed by atoms with Crippen molar-refractivity contribution in [2.24, 2.45) is 0 Å². The average Bonchev–Trinajstić information content (AvgIpc) is 3.21. The Kier molecular flexibility index (Phi) is 4.38. The van der Waals surface area contributed by atoms with E-state index in [0.717, 1.165) is 36.1 Å². The van der Waals surface area contributed by atoms with Gasteiger partial charge in [-0.15, -0.1) is 0 Å². The van der Waals surface area contributed by atoms with Crippen LogP contribution in [0.4, 0.5) is 4.79 Å². The number of carbonyl (C=O) groups is 2. The number of amides is 3. The van der Waals surface area contributed by atoms with Gasteiger partial charge < -0.3 is 10.1 Å². The Morgan fingerprint density at radius 1 is 1.07 bits per heavy atom. The first kappa shape index (κ1) is 17.6. The molecule has 5 nitrogen and oxygen atoms in total. The summed E-state index contributed by atoms with van der Waals surface area (Å²) in [6, 6.07) is 13.5. The highest BCUT2D eigenvalue weighted by molar-refractivity contribution is 6.07. The van der Waals surface area contributed by atoms with Crippen LogP contribution in [0.2, 0.25) is 0 Å². The van der Waals surface area contributed by atoms with Gasteiger partial charge in [0.1, 0.15) is 17.9 Å². The highest BCUT2D eigenvalue weighted by atomic mass is 16.5. The van der Waals surface area contributed by atoms with E-state index in [2.05, 4.69) is 17.4 Å². The molecule has 1 aliphatic carbocycles. The zero-order chi connectivity index (χ0) is 19.0. The number of rotatable bonds is 5. The predicted octanol–water partition coefficient (Wildman–Crippen LogP) is 3.33. The van der Waals surface area contributed by atoms with Crippen molar-refractivity contribution in [3.63, 3.8) is 0 Å². The van der Waals surface area contributed by atoms with E-state index >= 15 is 0 Å². The molecule has 1 saturated heterocycles. The van der Waals surface area contributed by atoms with Crippen molar-refractivity contribution in [1.82, 2.24) is 10.2 Å². The molecule has 0 radical (unpaired) electrons. The zero-order valence-electron chi connectivity index (χ0n) is 15.7. The van der Waals surface area contributed by atoms with Gasteiger partial charge in [0.15, 0.2) is 0 Å². The lowest BCUT2D eigenvalue weighted by molar-refractivity contribution is -0.131. The molecule has 1 N–H and O–H groups in total. The van der Waals surface area contributed by atoms with Crippen molar-refractivity contribution >= 4 is 11.9 Å².